The summed E-state index contributed by atoms with van der Waals surface area (Å²) in [5.41, 5.74) is 1.37. The van der Waals surface area contributed by atoms with E-state index in [4.69, 9.17) is 0 Å². The molecule has 3 atom stereocenters. The van der Waals surface area contributed by atoms with Gasteiger partial charge in [-0.15, -0.1) is 0 Å². The molecule has 1 aliphatic heterocycles. The molecule has 2 aromatic carbocycles. The molecule has 1 aliphatic carbocycles. The van der Waals surface area contributed by atoms with Gasteiger partial charge in [0.1, 0.15) is 23.6 Å². The lowest BCUT2D eigenvalue weighted by Crippen LogP contribution is -2.54. The van der Waals surface area contributed by atoms with Gasteiger partial charge in [-0.05, 0) is 61.2 Å². The molecule has 2 aliphatic rings. The van der Waals surface area contributed by atoms with Crippen molar-refractivity contribution in [3.63, 3.8) is 0 Å². The van der Waals surface area contributed by atoms with Crippen LogP contribution >= 0.6 is 0 Å². The van der Waals surface area contributed by atoms with Gasteiger partial charge >= 0.3 is 0 Å². The summed E-state index contributed by atoms with van der Waals surface area (Å²) in [6.45, 7) is 3.25. The van der Waals surface area contributed by atoms with E-state index in [0.29, 0.717) is 43.6 Å². The number of sulfonamides is 1. The Morgan fingerprint density at radius 3 is 2.62 bits per heavy atom. The lowest BCUT2D eigenvalue weighted by atomic mass is 9.83. The molecule has 6 nitrogen and oxygen atoms in total. The third kappa shape index (κ3) is 8.29. The molecule has 2 aromatic rings. The number of halogens is 4. The highest BCUT2D eigenvalue weighted by Crippen LogP contribution is 2.36. The van der Waals surface area contributed by atoms with E-state index in [1.807, 2.05) is 6.92 Å². The van der Waals surface area contributed by atoms with E-state index in [9.17, 15) is 26.4 Å². The molecular weight excluding hydrogens is 570 g/mol. The third-order valence-corrected chi connectivity index (χ3v) is 9.73. The largest absolute Gasteiger partial charge is 0.326 e. The molecule has 4 rings (SSSR count). The maximum Gasteiger partial charge on any atom is 0.225 e. The van der Waals surface area contributed by atoms with E-state index >= 15 is 4.39 Å². The molecule has 2 N–H and O–H groups in total. The maximum atomic E-state index is 15.1. The van der Waals surface area contributed by atoms with Crippen LogP contribution in [-0.4, -0.2) is 56.2 Å². The van der Waals surface area contributed by atoms with Crippen molar-refractivity contribution < 1.29 is 30.8 Å². The molecule has 228 valence electrons. The van der Waals surface area contributed by atoms with E-state index in [-0.39, 0.29) is 42.3 Å². The number of nitrogens with one attached hydrogen (secondary N) is 2. The number of unbranched alkanes of at least 4 members (excludes halogenated alkanes) is 1. The van der Waals surface area contributed by atoms with Crippen LogP contribution in [-0.2, 0) is 21.2 Å². The van der Waals surface area contributed by atoms with Crippen molar-refractivity contribution in [3.8, 4) is 0 Å². The minimum absolute atomic E-state index is 0.0650. The maximum absolute atomic E-state index is 15.1. The molecular formula is C31H37F4N3O3S. The molecule has 0 bridgehead atoms. The standard InChI is InChI=1S/C31H37F4N3O3S/c1-2-3-15-42(40,41)38-14-13-36-20-26(38)11-12-27-29(35)5-4-6-30(27)37-31(39)19-28(21-7-9-23(32)10-8-21)22-16-24(33)18-25(34)17-22/h4-10,16,18,25-26,28,36H,2-3,11-15,17,19-20H2,1H3,(H,37,39). The summed E-state index contributed by atoms with van der Waals surface area (Å²) in [5, 5.41) is 5.96. The molecule has 42 heavy (non-hydrogen) atoms. The van der Waals surface area contributed by atoms with Crippen LogP contribution in [0.4, 0.5) is 23.2 Å². The van der Waals surface area contributed by atoms with Crippen LogP contribution in [0.5, 0.6) is 0 Å². The summed E-state index contributed by atoms with van der Waals surface area (Å²) >= 11 is 0. The fourth-order valence-corrected chi connectivity index (χ4v) is 7.46. The number of nitrogens with zero attached hydrogens (tertiary/aromatic N) is 1. The Morgan fingerprint density at radius 2 is 1.90 bits per heavy atom. The van der Waals surface area contributed by atoms with Crippen molar-refractivity contribution in [2.45, 2.75) is 63.6 Å². The van der Waals surface area contributed by atoms with Gasteiger partial charge < -0.3 is 10.6 Å². The zero-order valence-electron chi connectivity index (χ0n) is 23.6. The predicted octanol–water partition coefficient (Wildman–Crippen LogP) is 5.94. The van der Waals surface area contributed by atoms with Gasteiger partial charge in [-0.3, -0.25) is 4.79 Å². The summed E-state index contributed by atoms with van der Waals surface area (Å²) in [4.78, 5) is 13.3. The van der Waals surface area contributed by atoms with Gasteiger partial charge in [0.25, 0.3) is 0 Å². The number of amides is 1. The Labute approximate surface area is 244 Å². The highest BCUT2D eigenvalue weighted by molar-refractivity contribution is 7.89. The van der Waals surface area contributed by atoms with E-state index in [0.717, 1.165) is 12.5 Å². The number of alkyl halides is 1. The number of hydrogen-bond donors (Lipinski definition) is 2. The van der Waals surface area contributed by atoms with E-state index in [1.165, 1.54) is 46.8 Å². The Bertz CT molecular complexity index is 1410. The number of piperazine rings is 1. The van der Waals surface area contributed by atoms with Crippen LogP contribution in [0, 0.1) is 11.6 Å². The number of anilines is 1. The zero-order chi connectivity index (χ0) is 30.3. The van der Waals surface area contributed by atoms with Crippen LogP contribution in [0.3, 0.4) is 0 Å². The summed E-state index contributed by atoms with van der Waals surface area (Å²) in [6.07, 6.45) is 2.04. The first-order chi connectivity index (χ1) is 20.1. The third-order valence-electron chi connectivity index (χ3n) is 7.73. The number of hydrogen-bond acceptors (Lipinski definition) is 4. The highest BCUT2D eigenvalue weighted by atomic mass is 32.2. The molecule has 1 amide bonds. The van der Waals surface area contributed by atoms with E-state index in [1.54, 1.807) is 6.07 Å². The number of benzene rings is 2. The van der Waals surface area contributed by atoms with Gasteiger partial charge in [-0.25, -0.2) is 26.0 Å². The quantitative estimate of drug-likeness (QED) is 0.293. The highest BCUT2D eigenvalue weighted by Gasteiger charge is 2.32. The van der Waals surface area contributed by atoms with Gasteiger partial charge in [-0.2, -0.15) is 4.31 Å². The minimum Gasteiger partial charge on any atom is -0.326 e. The Hall–Kier alpha value is -3.02. The zero-order valence-corrected chi connectivity index (χ0v) is 24.4. The molecule has 1 fully saturated rings. The van der Waals surface area contributed by atoms with Crippen LogP contribution in [0.2, 0.25) is 0 Å². The first-order valence-corrected chi connectivity index (χ1v) is 15.9. The van der Waals surface area contributed by atoms with Gasteiger partial charge in [0, 0.05) is 55.7 Å². The van der Waals surface area contributed by atoms with Crippen molar-refractivity contribution in [2.75, 3.05) is 30.7 Å². The molecule has 11 heteroatoms. The second-order valence-corrected chi connectivity index (χ2v) is 12.8. The Kier molecular flexibility index (Phi) is 11.0. The van der Waals surface area contributed by atoms with Crippen molar-refractivity contribution in [1.29, 1.82) is 0 Å². The first-order valence-electron chi connectivity index (χ1n) is 14.3. The fourth-order valence-electron chi connectivity index (χ4n) is 5.57. The molecule has 3 unspecified atom stereocenters. The molecule has 0 aromatic heterocycles. The number of carbonyl (C=O) groups is 1. The first kappa shape index (κ1) is 31.9. The van der Waals surface area contributed by atoms with Crippen LogP contribution in [0.25, 0.3) is 0 Å². The van der Waals surface area contributed by atoms with Crippen LogP contribution < -0.4 is 10.6 Å². The van der Waals surface area contributed by atoms with Gasteiger partial charge in [-0.1, -0.05) is 37.1 Å². The van der Waals surface area contributed by atoms with E-state index in [2.05, 4.69) is 10.6 Å². The lowest BCUT2D eigenvalue weighted by molar-refractivity contribution is -0.116. The van der Waals surface area contributed by atoms with E-state index < -0.39 is 45.5 Å². The number of carbonyl (C=O) groups excluding carboxylic acids is 1. The molecule has 1 heterocycles. The van der Waals surface area contributed by atoms with Crippen molar-refractivity contribution in [3.05, 3.63) is 88.8 Å². The second-order valence-electron chi connectivity index (χ2n) is 10.8. The normalized spacial score (nSPS) is 20.5. The van der Waals surface area contributed by atoms with Crippen LogP contribution in [0.15, 0.2) is 66.0 Å². The molecule has 0 spiro atoms. The molecule has 1 saturated heterocycles. The Morgan fingerprint density at radius 1 is 1.14 bits per heavy atom. The average molecular weight is 608 g/mol. The molecule has 0 radical (unpaired) electrons. The summed E-state index contributed by atoms with van der Waals surface area (Å²) < 4.78 is 84.4. The summed E-state index contributed by atoms with van der Waals surface area (Å²) in [6, 6.07) is 9.35. The fraction of sp³-hybridized carbons (Fsp3) is 0.452. The minimum atomic E-state index is -3.46. The smallest absolute Gasteiger partial charge is 0.225 e. The van der Waals surface area contributed by atoms with Crippen molar-refractivity contribution >= 4 is 21.6 Å². The summed E-state index contributed by atoms with van der Waals surface area (Å²) in [7, 11) is -3.46. The topological polar surface area (TPSA) is 78.5 Å². The van der Waals surface area contributed by atoms with Crippen molar-refractivity contribution in [2.24, 2.45) is 0 Å². The second kappa shape index (κ2) is 14.4. The number of allylic oxidation sites excluding steroid dienone is 4. The monoisotopic (exact) mass is 607 g/mol. The predicted molar refractivity (Wildman–Crippen MR) is 156 cm³/mol. The van der Waals surface area contributed by atoms with Crippen molar-refractivity contribution in [1.82, 2.24) is 9.62 Å². The Balaban J connectivity index is 1.51. The molecule has 0 saturated carbocycles. The summed E-state index contributed by atoms with van der Waals surface area (Å²) in [5.74, 6) is -2.93. The van der Waals surface area contributed by atoms with Gasteiger partial charge in [0.05, 0.1) is 5.75 Å². The SMILES string of the molecule is CCCCS(=O)(=O)N1CCNCC1CCc1c(F)cccc1NC(=O)CC(C1=CC(F)=CC(F)C1)c1ccc(F)cc1. The van der Waals surface area contributed by atoms with Gasteiger partial charge in [0.2, 0.25) is 15.9 Å². The van der Waals surface area contributed by atoms with Crippen LogP contribution in [0.1, 0.15) is 56.1 Å². The number of rotatable bonds is 12. The average Bonchev–Trinajstić information content (AvgIpc) is 2.95. The van der Waals surface area contributed by atoms with Gasteiger partial charge in [0.15, 0.2) is 0 Å². The lowest BCUT2D eigenvalue weighted by Gasteiger charge is -2.35.